The Hall–Kier alpha value is -1.54. The standard InChI is InChI=1S/C16H18ClNO/c1-10-5-11(2)13(4)15(6-10)19-16-8-14(9-17)7-12(3)18-16/h5-8H,9H2,1-4H3. The molecular formula is C16H18ClNO. The average Bonchev–Trinajstić information content (AvgIpc) is 2.34. The van der Waals surface area contributed by atoms with Gasteiger partial charge in [-0.3, -0.25) is 0 Å². The summed E-state index contributed by atoms with van der Waals surface area (Å²) in [6.45, 7) is 8.15. The molecule has 2 aromatic rings. The number of ether oxygens (including phenoxy) is 1. The summed E-state index contributed by atoms with van der Waals surface area (Å²) in [5.41, 5.74) is 5.48. The second-order valence-electron chi connectivity index (χ2n) is 4.90. The van der Waals surface area contributed by atoms with Crippen molar-refractivity contribution in [2.24, 2.45) is 0 Å². The minimum atomic E-state index is 0.464. The molecule has 0 fully saturated rings. The molecule has 2 rings (SSSR count). The first-order valence-electron chi connectivity index (χ1n) is 6.29. The Morgan fingerprint density at radius 3 is 2.47 bits per heavy atom. The lowest BCUT2D eigenvalue weighted by atomic mass is 10.1. The van der Waals surface area contributed by atoms with Gasteiger partial charge in [0.2, 0.25) is 5.88 Å². The third kappa shape index (κ3) is 3.27. The molecular weight excluding hydrogens is 258 g/mol. The van der Waals surface area contributed by atoms with E-state index in [4.69, 9.17) is 16.3 Å². The minimum Gasteiger partial charge on any atom is -0.439 e. The van der Waals surface area contributed by atoms with Crippen LogP contribution in [0.4, 0.5) is 0 Å². The van der Waals surface area contributed by atoms with Crippen molar-refractivity contribution in [1.82, 2.24) is 4.98 Å². The van der Waals surface area contributed by atoms with Crippen molar-refractivity contribution >= 4 is 11.6 Å². The number of nitrogens with zero attached hydrogens (tertiary/aromatic N) is 1. The van der Waals surface area contributed by atoms with Gasteiger partial charge in [-0.2, -0.15) is 0 Å². The van der Waals surface area contributed by atoms with Crippen LogP contribution in [0.3, 0.4) is 0 Å². The summed E-state index contributed by atoms with van der Waals surface area (Å²) in [5, 5.41) is 0. The van der Waals surface area contributed by atoms with E-state index < -0.39 is 0 Å². The number of halogens is 1. The number of alkyl halides is 1. The van der Waals surface area contributed by atoms with Crippen molar-refractivity contribution in [2.75, 3.05) is 0 Å². The highest BCUT2D eigenvalue weighted by Gasteiger charge is 2.07. The SMILES string of the molecule is Cc1cc(C)c(C)c(Oc2cc(CCl)cc(C)n2)c1. The van der Waals surface area contributed by atoms with Crippen LogP contribution in [0.25, 0.3) is 0 Å². The zero-order valence-corrected chi connectivity index (χ0v) is 12.5. The molecule has 0 aliphatic heterocycles. The summed E-state index contributed by atoms with van der Waals surface area (Å²) < 4.78 is 5.92. The largest absolute Gasteiger partial charge is 0.439 e. The van der Waals surface area contributed by atoms with Gasteiger partial charge in [-0.25, -0.2) is 4.98 Å². The van der Waals surface area contributed by atoms with Crippen LogP contribution in [0.15, 0.2) is 24.3 Å². The highest BCUT2D eigenvalue weighted by atomic mass is 35.5. The zero-order chi connectivity index (χ0) is 14.0. The second kappa shape index (κ2) is 5.62. The van der Waals surface area contributed by atoms with Crippen molar-refractivity contribution in [2.45, 2.75) is 33.6 Å². The molecule has 0 saturated heterocycles. The van der Waals surface area contributed by atoms with E-state index in [1.54, 1.807) is 0 Å². The fourth-order valence-corrected chi connectivity index (χ4v) is 2.21. The Morgan fingerprint density at radius 2 is 1.79 bits per heavy atom. The van der Waals surface area contributed by atoms with Gasteiger partial charge < -0.3 is 4.74 Å². The Labute approximate surface area is 119 Å². The van der Waals surface area contributed by atoms with E-state index in [-0.39, 0.29) is 0 Å². The van der Waals surface area contributed by atoms with E-state index in [1.807, 2.05) is 25.1 Å². The van der Waals surface area contributed by atoms with Crippen molar-refractivity contribution in [3.8, 4) is 11.6 Å². The van der Waals surface area contributed by atoms with Gasteiger partial charge in [0.1, 0.15) is 5.75 Å². The predicted molar refractivity (Wildman–Crippen MR) is 79.3 cm³/mol. The van der Waals surface area contributed by atoms with Gasteiger partial charge in [0.05, 0.1) is 0 Å². The van der Waals surface area contributed by atoms with Crippen molar-refractivity contribution < 1.29 is 4.74 Å². The van der Waals surface area contributed by atoms with Gasteiger partial charge >= 0.3 is 0 Å². The lowest BCUT2D eigenvalue weighted by Crippen LogP contribution is -1.96. The van der Waals surface area contributed by atoms with Crippen molar-refractivity contribution in [3.63, 3.8) is 0 Å². The molecule has 0 aliphatic rings. The predicted octanol–water partition coefficient (Wildman–Crippen LogP) is 4.85. The summed E-state index contributed by atoms with van der Waals surface area (Å²) in [5.74, 6) is 1.92. The van der Waals surface area contributed by atoms with Crippen LogP contribution in [0.1, 0.15) is 27.9 Å². The van der Waals surface area contributed by atoms with Crippen molar-refractivity contribution in [1.29, 1.82) is 0 Å². The summed E-state index contributed by atoms with van der Waals surface area (Å²) in [6, 6.07) is 8.04. The van der Waals surface area contributed by atoms with Crippen LogP contribution in [-0.2, 0) is 5.88 Å². The van der Waals surface area contributed by atoms with Crippen LogP contribution < -0.4 is 4.74 Å². The highest BCUT2D eigenvalue weighted by molar-refractivity contribution is 6.17. The van der Waals surface area contributed by atoms with Gasteiger partial charge in [-0.05, 0) is 62.1 Å². The fraction of sp³-hybridized carbons (Fsp3) is 0.312. The first kappa shape index (κ1) is 13.9. The smallest absolute Gasteiger partial charge is 0.219 e. The first-order chi connectivity index (χ1) is 8.99. The fourth-order valence-electron chi connectivity index (χ4n) is 2.06. The molecule has 0 bridgehead atoms. The van der Waals surface area contributed by atoms with E-state index in [1.165, 1.54) is 11.1 Å². The molecule has 0 unspecified atom stereocenters. The van der Waals surface area contributed by atoms with E-state index in [0.717, 1.165) is 22.6 Å². The molecule has 19 heavy (non-hydrogen) atoms. The zero-order valence-electron chi connectivity index (χ0n) is 11.7. The van der Waals surface area contributed by atoms with E-state index in [9.17, 15) is 0 Å². The van der Waals surface area contributed by atoms with Gasteiger partial charge in [0.15, 0.2) is 0 Å². The maximum atomic E-state index is 5.92. The summed E-state index contributed by atoms with van der Waals surface area (Å²) in [7, 11) is 0. The van der Waals surface area contributed by atoms with E-state index in [2.05, 4.69) is 31.8 Å². The molecule has 1 aromatic heterocycles. The molecule has 2 nitrogen and oxygen atoms in total. The van der Waals surface area contributed by atoms with Crippen LogP contribution >= 0.6 is 11.6 Å². The molecule has 0 atom stereocenters. The normalized spacial score (nSPS) is 10.6. The molecule has 0 spiro atoms. The number of rotatable bonds is 3. The Balaban J connectivity index is 2.38. The topological polar surface area (TPSA) is 22.1 Å². The molecule has 0 aliphatic carbocycles. The van der Waals surface area contributed by atoms with E-state index in [0.29, 0.717) is 11.8 Å². The summed E-state index contributed by atoms with van der Waals surface area (Å²) in [4.78, 5) is 4.40. The van der Waals surface area contributed by atoms with Crippen molar-refractivity contribution in [3.05, 3.63) is 52.2 Å². The number of hydrogen-bond acceptors (Lipinski definition) is 2. The van der Waals surface area contributed by atoms with Crippen LogP contribution in [-0.4, -0.2) is 4.98 Å². The minimum absolute atomic E-state index is 0.464. The molecule has 1 heterocycles. The maximum absolute atomic E-state index is 5.92. The molecule has 0 radical (unpaired) electrons. The van der Waals surface area contributed by atoms with E-state index >= 15 is 0 Å². The number of pyridine rings is 1. The first-order valence-corrected chi connectivity index (χ1v) is 6.82. The molecule has 3 heteroatoms. The molecule has 100 valence electrons. The molecule has 0 N–H and O–H groups in total. The number of aromatic nitrogens is 1. The van der Waals surface area contributed by atoms with Gasteiger partial charge in [-0.1, -0.05) is 6.07 Å². The monoisotopic (exact) mass is 275 g/mol. The Morgan fingerprint density at radius 1 is 1.05 bits per heavy atom. The number of hydrogen-bond donors (Lipinski definition) is 0. The molecule has 0 saturated carbocycles. The third-order valence-electron chi connectivity index (χ3n) is 3.12. The van der Waals surface area contributed by atoms with Gasteiger partial charge in [0.25, 0.3) is 0 Å². The second-order valence-corrected chi connectivity index (χ2v) is 5.16. The number of aryl methyl sites for hydroxylation is 3. The summed E-state index contributed by atoms with van der Waals surface area (Å²) >= 11 is 5.87. The third-order valence-corrected chi connectivity index (χ3v) is 3.43. The van der Waals surface area contributed by atoms with Gasteiger partial charge in [-0.15, -0.1) is 11.6 Å². The molecule has 0 amide bonds. The lowest BCUT2D eigenvalue weighted by molar-refractivity contribution is 0.457. The van der Waals surface area contributed by atoms with Crippen LogP contribution in [0.5, 0.6) is 11.6 Å². The lowest BCUT2D eigenvalue weighted by Gasteiger charge is -2.12. The van der Waals surface area contributed by atoms with Gasteiger partial charge in [0, 0.05) is 17.6 Å². The Kier molecular flexibility index (Phi) is 4.11. The average molecular weight is 276 g/mol. The highest BCUT2D eigenvalue weighted by Crippen LogP contribution is 2.28. The quantitative estimate of drug-likeness (QED) is 0.747. The van der Waals surface area contributed by atoms with Crippen LogP contribution in [0.2, 0.25) is 0 Å². The number of benzene rings is 1. The Bertz CT molecular complexity index is 608. The molecule has 1 aromatic carbocycles. The summed E-state index contributed by atoms with van der Waals surface area (Å²) in [6.07, 6.45) is 0. The maximum Gasteiger partial charge on any atom is 0.219 e. The van der Waals surface area contributed by atoms with Crippen LogP contribution in [0, 0.1) is 27.7 Å².